The van der Waals surface area contributed by atoms with Crippen LogP contribution in [0.1, 0.15) is 40.6 Å². The molecule has 5 nitrogen and oxygen atoms in total. The van der Waals surface area contributed by atoms with E-state index >= 15 is 0 Å². The van der Waals surface area contributed by atoms with Gasteiger partial charge in [0.1, 0.15) is 5.69 Å². The molecule has 2 amide bonds. The van der Waals surface area contributed by atoms with Crippen molar-refractivity contribution in [1.82, 2.24) is 9.88 Å². The Morgan fingerprint density at radius 2 is 1.77 bits per heavy atom. The number of nitrogens with one attached hydrogen (secondary N) is 1. The van der Waals surface area contributed by atoms with E-state index in [2.05, 4.69) is 17.2 Å². The van der Waals surface area contributed by atoms with E-state index < -0.39 is 5.91 Å². The molecule has 7 heteroatoms. The molecular formula is C19H19Cl2N3O2. The van der Waals surface area contributed by atoms with Crippen molar-refractivity contribution in [3.05, 3.63) is 57.8 Å². The number of amides is 2. The van der Waals surface area contributed by atoms with E-state index in [4.69, 9.17) is 23.2 Å². The summed E-state index contributed by atoms with van der Waals surface area (Å²) in [6.07, 6.45) is 3.47. The molecule has 0 atom stereocenters. The molecule has 1 N–H and O–H groups in total. The maximum absolute atomic E-state index is 12.7. The second-order valence-corrected chi connectivity index (χ2v) is 7.39. The first-order valence-corrected chi connectivity index (χ1v) is 9.21. The minimum absolute atomic E-state index is 0.0702. The fourth-order valence-corrected chi connectivity index (χ4v) is 3.43. The Morgan fingerprint density at radius 3 is 2.42 bits per heavy atom. The Morgan fingerprint density at radius 1 is 1.12 bits per heavy atom. The zero-order valence-corrected chi connectivity index (χ0v) is 15.8. The molecule has 0 saturated carbocycles. The normalized spacial score (nSPS) is 15.0. The molecule has 1 aromatic heterocycles. The molecule has 0 radical (unpaired) electrons. The van der Waals surface area contributed by atoms with Gasteiger partial charge in [0.15, 0.2) is 0 Å². The highest BCUT2D eigenvalue weighted by Crippen LogP contribution is 2.23. The molecule has 2 heterocycles. The summed E-state index contributed by atoms with van der Waals surface area (Å²) in [5.74, 6) is 0.145. The van der Waals surface area contributed by atoms with Gasteiger partial charge < -0.3 is 10.2 Å². The monoisotopic (exact) mass is 391 g/mol. The van der Waals surface area contributed by atoms with E-state index in [1.807, 2.05) is 4.90 Å². The average Bonchev–Trinajstić information content (AvgIpc) is 2.61. The lowest BCUT2D eigenvalue weighted by Gasteiger charge is -2.30. The number of piperidine rings is 1. The van der Waals surface area contributed by atoms with E-state index in [-0.39, 0.29) is 11.6 Å². The first-order valence-electron chi connectivity index (χ1n) is 8.45. The quantitative estimate of drug-likeness (QED) is 0.836. The molecule has 1 aromatic carbocycles. The van der Waals surface area contributed by atoms with Gasteiger partial charge in [-0.2, -0.15) is 0 Å². The van der Waals surface area contributed by atoms with E-state index in [0.29, 0.717) is 27.2 Å². The molecule has 0 spiro atoms. The molecule has 0 bridgehead atoms. The molecule has 1 aliphatic heterocycles. The molecule has 1 aliphatic rings. The summed E-state index contributed by atoms with van der Waals surface area (Å²) in [7, 11) is 0. The number of hydrogen-bond donors (Lipinski definition) is 1. The third-order valence-electron chi connectivity index (χ3n) is 4.43. The van der Waals surface area contributed by atoms with Crippen LogP contribution in [-0.2, 0) is 0 Å². The largest absolute Gasteiger partial charge is 0.339 e. The van der Waals surface area contributed by atoms with Crippen molar-refractivity contribution in [3.8, 4) is 0 Å². The number of anilines is 1. The summed E-state index contributed by atoms with van der Waals surface area (Å²) >= 11 is 11.9. The maximum Gasteiger partial charge on any atom is 0.274 e. The Balaban J connectivity index is 1.74. The number of pyridine rings is 1. The number of carbonyl (C=O) groups excluding carboxylic acids is 2. The molecule has 0 aliphatic carbocycles. The van der Waals surface area contributed by atoms with E-state index in [0.717, 1.165) is 25.9 Å². The molecule has 3 rings (SSSR count). The van der Waals surface area contributed by atoms with Crippen LogP contribution in [0, 0.1) is 5.92 Å². The van der Waals surface area contributed by atoms with Crippen molar-refractivity contribution in [2.45, 2.75) is 19.8 Å². The first kappa shape index (κ1) is 18.7. The molecule has 26 heavy (non-hydrogen) atoms. The van der Waals surface area contributed by atoms with Gasteiger partial charge in [0, 0.05) is 40.6 Å². The lowest BCUT2D eigenvalue weighted by molar-refractivity contribution is 0.0697. The molecular weight excluding hydrogens is 373 g/mol. The lowest BCUT2D eigenvalue weighted by atomic mass is 9.98. The maximum atomic E-state index is 12.7. The van der Waals surface area contributed by atoms with Crippen molar-refractivity contribution < 1.29 is 9.59 Å². The Bertz CT molecular complexity index is 813. The highest BCUT2D eigenvalue weighted by atomic mass is 35.5. The van der Waals surface area contributed by atoms with Crippen molar-refractivity contribution in [2.24, 2.45) is 5.92 Å². The Hall–Kier alpha value is -2.11. The zero-order valence-electron chi connectivity index (χ0n) is 14.3. The van der Waals surface area contributed by atoms with Gasteiger partial charge in [0.25, 0.3) is 11.8 Å². The number of nitrogens with zero attached hydrogens (tertiary/aromatic N) is 2. The van der Waals surface area contributed by atoms with Crippen LogP contribution in [-0.4, -0.2) is 34.8 Å². The third kappa shape index (κ3) is 4.54. The predicted molar refractivity (Wildman–Crippen MR) is 103 cm³/mol. The minimum atomic E-state index is -0.426. The summed E-state index contributed by atoms with van der Waals surface area (Å²) in [4.78, 5) is 31.0. The van der Waals surface area contributed by atoms with E-state index in [1.54, 1.807) is 24.3 Å². The van der Waals surface area contributed by atoms with Gasteiger partial charge >= 0.3 is 0 Å². The van der Waals surface area contributed by atoms with Crippen molar-refractivity contribution in [3.63, 3.8) is 0 Å². The van der Waals surface area contributed by atoms with Crippen LogP contribution in [0.25, 0.3) is 0 Å². The van der Waals surface area contributed by atoms with Crippen LogP contribution in [0.15, 0.2) is 36.5 Å². The lowest BCUT2D eigenvalue weighted by Crippen LogP contribution is -2.38. The first-order chi connectivity index (χ1) is 12.4. The smallest absolute Gasteiger partial charge is 0.274 e. The summed E-state index contributed by atoms with van der Waals surface area (Å²) in [6, 6.07) is 7.91. The van der Waals surface area contributed by atoms with Gasteiger partial charge in [-0.25, -0.2) is 0 Å². The summed E-state index contributed by atoms with van der Waals surface area (Å²) in [5.41, 5.74) is 1.09. The zero-order chi connectivity index (χ0) is 18.7. The van der Waals surface area contributed by atoms with Crippen LogP contribution in [0.4, 0.5) is 5.69 Å². The Kier molecular flexibility index (Phi) is 5.79. The highest BCUT2D eigenvalue weighted by Gasteiger charge is 2.22. The van der Waals surface area contributed by atoms with Crippen LogP contribution in [0.5, 0.6) is 0 Å². The summed E-state index contributed by atoms with van der Waals surface area (Å²) < 4.78 is 0. The van der Waals surface area contributed by atoms with Crippen LogP contribution in [0.2, 0.25) is 10.0 Å². The summed E-state index contributed by atoms with van der Waals surface area (Å²) in [6.45, 7) is 3.68. The third-order valence-corrected chi connectivity index (χ3v) is 4.87. The van der Waals surface area contributed by atoms with Gasteiger partial charge in [-0.1, -0.05) is 30.1 Å². The fraction of sp³-hybridized carbons (Fsp3) is 0.316. The number of benzene rings is 1. The Labute approximate surface area is 162 Å². The van der Waals surface area contributed by atoms with Gasteiger partial charge in [-0.15, -0.1) is 0 Å². The van der Waals surface area contributed by atoms with E-state index in [9.17, 15) is 9.59 Å². The number of halogens is 2. The molecule has 1 saturated heterocycles. The summed E-state index contributed by atoms with van der Waals surface area (Å²) in [5, 5.41) is 3.54. The van der Waals surface area contributed by atoms with Crippen LogP contribution in [0.3, 0.4) is 0 Å². The second-order valence-electron chi connectivity index (χ2n) is 6.52. The highest BCUT2D eigenvalue weighted by molar-refractivity contribution is 6.35. The van der Waals surface area contributed by atoms with Gasteiger partial charge in [-0.05, 0) is 49.1 Å². The fourth-order valence-electron chi connectivity index (χ4n) is 2.90. The topological polar surface area (TPSA) is 62.3 Å². The van der Waals surface area contributed by atoms with Gasteiger partial charge in [0.2, 0.25) is 0 Å². The standard InChI is InChI=1S/C19H19Cl2N3O2/c1-12-3-6-24(7-4-12)19(26)13-2-5-22-17(8-13)18(25)23-16-10-14(20)9-15(21)11-16/h2,5,8-12H,3-4,6-7H2,1H3,(H,23,25). The molecule has 2 aromatic rings. The number of aromatic nitrogens is 1. The van der Waals surface area contributed by atoms with Crippen LogP contribution < -0.4 is 5.32 Å². The van der Waals surface area contributed by atoms with E-state index in [1.165, 1.54) is 12.3 Å². The number of likely N-dealkylation sites (tertiary alicyclic amines) is 1. The second kappa shape index (κ2) is 8.06. The van der Waals surface area contributed by atoms with Crippen molar-refractivity contribution in [2.75, 3.05) is 18.4 Å². The van der Waals surface area contributed by atoms with Crippen molar-refractivity contribution in [1.29, 1.82) is 0 Å². The molecule has 136 valence electrons. The van der Waals surface area contributed by atoms with Gasteiger partial charge in [-0.3, -0.25) is 14.6 Å². The SMILES string of the molecule is CC1CCN(C(=O)c2ccnc(C(=O)Nc3cc(Cl)cc(Cl)c3)c2)CC1. The molecule has 1 fully saturated rings. The predicted octanol–water partition coefficient (Wildman–Crippen LogP) is 4.51. The van der Waals surface area contributed by atoms with Gasteiger partial charge in [0.05, 0.1) is 0 Å². The average molecular weight is 392 g/mol. The number of hydrogen-bond acceptors (Lipinski definition) is 3. The number of rotatable bonds is 3. The minimum Gasteiger partial charge on any atom is -0.339 e. The van der Waals surface area contributed by atoms with Crippen LogP contribution >= 0.6 is 23.2 Å². The molecule has 0 unspecified atom stereocenters. The number of carbonyl (C=O) groups is 2. The van der Waals surface area contributed by atoms with Crippen molar-refractivity contribution >= 4 is 40.7 Å².